The summed E-state index contributed by atoms with van der Waals surface area (Å²) in [5, 5.41) is 3.14. The molecule has 0 aromatic heterocycles. The molecule has 0 saturated carbocycles. The first-order valence-corrected chi connectivity index (χ1v) is 4.93. The molecule has 0 saturated heterocycles. The molecular formula is C12H17N3. The number of hydrogen-bond acceptors (Lipinski definition) is 2. The fourth-order valence-corrected chi connectivity index (χ4v) is 1.31. The molecule has 0 unspecified atom stereocenters. The predicted octanol–water partition coefficient (Wildman–Crippen LogP) is 1.32. The Kier molecular flexibility index (Phi) is 4.41. The van der Waals surface area contributed by atoms with Gasteiger partial charge in [-0.3, -0.25) is 4.99 Å². The summed E-state index contributed by atoms with van der Waals surface area (Å²) >= 11 is 0. The topological polar surface area (TPSA) is 50.4 Å². The summed E-state index contributed by atoms with van der Waals surface area (Å²) < 4.78 is 0. The SMILES string of the molecule is C=C(N)C(=NC)NCCc1ccccc1. The van der Waals surface area contributed by atoms with E-state index in [4.69, 9.17) is 5.73 Å². The molecule has 1 aromatic rings. The Bertz CT molecular complexity index is 341. The lowest BCUT2D eigenvalue weighted by atomic mass is 10.1. The van der Waals surface area contributed by atoms with Gasteiger partial charge in [0.05, 0.1) is 5.70 Å². The van der Waals surface area contributed by atoms with Crippen molar-refractivity contribution in [2.45, 2.75) is 6.42 Å². The molecule has 0 aliphatic carbocycles. The van der Waals surface area contributed by atoms with Crippen LogP contribution in [0.2, 0.25) is 0 Å². The van der Waals surface area contributed by atoms with Crippen LogP contribution in [0.3, 0.4) is 0 Å². The van der Waals surface area contributed by atoms with Crippen molar-refractivity contribution in [1.29, 1.82) is 0 Å². The van der Waals surface area contributed by atoms with Crippen LogP contribution in [0.25, 0.3) is 0 Å². The summed E-state index contributed by atoms with van der Waals surface area (Å²) in [5.74, 6) is 0.672. The van der Waals surface area contributed by atoms with E-state index in [-0.39, 0.29) is 0 Å². The van der Waals surface area contributed by atoms with Gasteiger partial charge in [-0.2, -0.15) is 0 Å². The number of rotatable bonds is 4. The van der Waals surface area contributed by atoms with Crippen LogP contribution >= 0.6 is 0 Å². The minimum Gasteiger partial charge on any atom is -0.396 e. The molecule has 0 spiro atoms. The second kappa shape index (κ2) is 5.86. The molecule has 1 rings (SSSR count). The predicted molar refractivity (Wildman–Crippen MR) is 64.8 cm³/mol. The second-order valence-corrected chi connectivity index (χ2v) is 3.26. The molecule has 0 atom stereocenters. The van der Waals surface area contributed by atoms with E-state index in [9.17, 15) is 0 Å². The van der Waals surface area contributed by atoms with E-state index >= 15 is 0 Å². The average molecular weight is 203 g/mol. The standard InChI is InChI=1S/C12H17N3/c1-10(13)12(14-2)15-9-8-11-6-4-3-5-7-11/h3-7H,1,8-9,13H2,2H3,(H,14,15). The zero-order valence-electron chi connectivity index (χ0n) is 9.03. The van der Waals surface area contributed by atoms with Gasteiger partial charge in [0.1, 0.15) is 5.84 Å². The molecule has 0 aliphatic heterocycles. The van der Waals surface area contributed by atoms with E-state index in [1.807, 2.05) is 18.2 Å². The number of nitrogens with one attached hydrogen (secondary N) is 1. The monoisotopic (exact) mass is 203 g/mol. The Morgan fingerprint density at radius 1 is 1.40 bits per heavy atom. The van der Waals surface area contributed by atoms with Crippen LogP contribution in [-0.2, 0) is 6.42 Å². The van der Waals surface area contributed by atoms with Crippen LogP contribution in [0, 0.1) is 0 Å². The summed E-state index contributed by atoms with van der Waals surface area (Å²) in [6.07, 6.45) is 0.952. The van der Waals surface area contributed by atoms with Gasteiger partial charge in [-0.25, -0.2) is 0 Å². The number of nitrogens with zero attached hydrogens (tertiary/aromatic N) is 1. The van der Waals surface area contributed by atoms with Crippen molar-refractivity contribution in [1.82, 2.24) is 5.32 Å². The van der Waals surface area contributed by atoms with E-state index in [0.717, 1.165) is 13.0 Å². The van der Waals surface area contributed by atoms with Crippen molar-refractivity contribution in [2.75, 3.05) is 13.6 Å². The van der Waals surface area contributed by atoms with Gasteiger partial charge in [0.15, 0.2) is 0 Å². The molecule has 0 heterocycles. The molecule has 0 amide bonds. The first kappa shape index (κ1) is 11.3. The highest BCUT2D eigenvalue weighted by Crippen LogP contribution is 1.98. The van der Waals surface area contributed by atoms with Gasteiger partial charge in [-0.05, 0) is 12.0 Å². The molecule has 0 fully saturated rings. The summed E-state index contributed by atoms with van der Waals surface area (Å²) in [6, 6.07) is 10.3. The Labute approximate surface area is 90.7 Å². The molecule has 0 aliphatic rings. The lowest BCUT2D eigenvalue weighted by molar-refractivity contribution is 0.861. The molecule has 80 valence electrons. The summed E-state index contributed by atoms with van der Waals surface area (Å²) in [7, 11) is 1.70. The van der Waals surface area contributed by atoms with Crippen LogP contribution in [0.5, 0.6) is 0 Å². The highest BCUT2D eigenvalue weighted by atomic mass is 15.0. The minimum atomic E-state index is 0.477. The van der Waals surface area contributed by atoms with Gasteiger partial charge in [0.25, 0.3) is 0 Å². The van der Waals surface area contributed by atoms with Gasteiger partial charge in [0.2, 0.25) is 0 Å². The number of benzene rings is 1. The average Bonchev–Trinajstić information content (AvgIpc) is 2.25. The largest absolute Gasteiger partial charge is 0.396 e. The molecule has 3 N–H and O–H groups in total. The highest BCUT2D eigenvalue weighted by Gasteiger charge is 1.98. The van der Waals surface area contributed by atoms with Gasteiger partial charge in [0, 0.05) is 13.6 Å². The maximum atomic E-state index is 5.54. The van der Waals surface area contributed by atoms with Crippen LogP contribution in [0.15, 0.2) is 47.6 Å². The summed E-state index contributed by atoms with van der Waals surface area (Å²) in [5.41, 5.74) is 7.31. The van der Waals surface area contributed by atoms with Crippen molar-refractivity contribution in [3.8, 4) is 0 Å². The van der Waals surface area contributed by atoms with Crippen LogP contribution in [0.4, 0.5) is 0 Å². The number of amidine groups is 1. The molecular weight excluding hydrogens is 186 g/mol. The molecule has 0 radical (unpaired) electrons. The third kappa shape index (κ3) is 3.85. The van der Waals surface area contributed by atoms with Crippen LogP contribution in [-0.4, -0.2) is 19.4 Å². The normalized spacial score (nSPS) is 11.1. The van der Waals surface area contributed by atoms with Crippen molar-refractivity contribution >= 4 is 5.84 Å². The van der Waals surface area contributed by atoms with Gasteiger partial charge < -0.3 is 11.1 Å². The Balaban J connectivity index is 2.37. The van der Waals surface area contributed by atoms with Crippen LogP contribution < -0.4 is 11.1 Å². The molecule has 3 heteroatoms. The van der Waals surface area contributed by atoms with Crippen molar-refractivity contribution in [3.05, 3.63) is 48.2 Å². The Morgan fingerprint density at radius 3 is 2.60 bits per heavy atom. The Hall–Kier alpha value is -1.77. The van der Waals surface area contributed by atoms with E-state index < -0.39 is 0 Å². The quantitative estimate of drug-likeness (QED) is 0.573. The first-order valence-electron chi connectivity index (χ1n) is 4.93. The zero-order chi connectivity index (χ0) is 11.1. The van der Waals surface area contributed by atoms with Gasteiger partial charge >= 0.3 is 0 Å². The lowest BCUT2D eigenvalue weighted by Crippen LogP contribution is -2.30. The summed E-state index contributed by atoms with van der Waals surface area (Å²) in [4.78, 5) is 4.00. The molecule has 15 heavy (non-hydrogen) atoms. The number of nitrogens with two attached hydrogens (primary N) is 1. The van der Waals surface area contributed by atoms with Crippen molar-refractivity contribution in [3.63, 3.8) is 0 Å². The number of hydrogen-bond donors (Lipinski definition) is 2. The van der Waals surface area contributed by atoms with Gasteiger partial charge in [-0.15, -0.1) is 0 Å². The van der Waals surface area contributed by atoms with Crippen molar-refractivity contribution in [2.24, 2.45) is 10.7 Å². The fraction of sp³-hybridized carbons (Fsp3) is 0.250. The minimum absolute atomic E-state index is 0.477. The smallest absolute Gasteiger partial charge is 0.143 e. The van der Waals surface area contributed by atoms with E-state index in [1.165, 1.54) is 5.56 Å². The first-order chi connectivity index (χ1) is 7.24. The zero-order valence-corrected chi connectivity index (χ0v) is 9.03. The third-order valence-corrected chi connectivity index (χ3v) is 2.08. The molecule has 0 bridgehead atoms. The second-order valence-electron chi connectivity index (χ2n) is 3.26. The maximum Gasteiger partial charge on any atom is 0.143 e. The lowest BCUT2D eigenvalue weighted by Gasteiger charge is -2.08. The van der Waals surface area contributed by atoms with Gasteiger partial charge in [-0.1, -0.05) is 36.9 Å². The molecule has 3 nitrogen and oxygen atoms in total. The number of aliphatic imine (C=N–C) groups is 1. The Morgan fingerprint density at radius 2 is 2.07 bits per heavy atom. The van der Waals surface area contributed by atoms with E-state index in [1.54, 1.807) is 7.05 Å². The van der Waals surface area contributed by atoms with E-state index in [2.05, 4.69) is 29.0 Å². The highest BCUT2D eigenvalue weighted by molar-refractivity contribution is 5.96. The van der Waals surface area contributed by atoms with E-state index in [0.29, 0.717) is 11.5 Å². The third-order valence-electron chi connectivity index (χ3n) is 2.08. The van der Waals surface area contributed by atoms with Crippen LogP contribution in [0.1, 0.15) is 5.56 Å². The summed E-state index contributed by atoms with van der Waals surface area (Å²) in [6.45, 7) is 4.45. The maximum absolute atomic E-state index is 5.54. The van der Waals surface area contributed by atoms with Crippen molar-refractivity contribution < 1.29 is 0 Å². The molecule has 1 aromatic carbocycles. The fourth-order valence-electron chi connectivity index (χ4n) is 1.31.